The van der Waals surface area contributed by atoms with Gasteiger partial charge in [-0.2, -0.15) is 0 Å². The van der Waals surface area contributed by atoms with Gasteiger partial charge in [-0.15, -0.1) is 13.2 Å². The predicted octanol–water partition coefficient (Wildman–Crippen LogP) is 1.82. The minimum Gasteiger partial charge on any atom is -0.370 e. The zero-order valence-corrected chi connectivity index (χ0v) is 9.27. The topological polar surface area (TPSA) is 50.4 Å². The second-order valence-corrected chi connectivity index (χ2v) is 3.61. The van der Waals surface area contributed by atoms with Crippen molar-refractivity contribution in [1.82, 2.24) is 5.32 Å². The summed E-state index contributed by atoms with van der Waals surface area (Å²) in [4.78, 5) is 4.15. The molecule has 0 rings (SSSR count). The maximum absolute atomic E-state index is 5.63. The van der Waals surface area contributed by atoms with Crippen LogP contribution in [0.5, 0.6) is 0 Å². The maximum Gasteiger partial charge on any atom is 0.188 e. The first-order valence-electron chi connectivity index (χ1n) is 4.85. The van der Waals surface area contributed by atoms with E-state index in [0.29, 0.717) is 12.5 Å². The van der Waals surface area contributed by atoms with E-state index in [-0.39, 0.29) is 0 Å². The lowest BCUT2D eigenvalue weighted by Gasteiger charge is -2.04. The number of nitrogens with zero attached hydrogens (tertiary/aromatic N) is 1. The van der Waals surface area contributed by atoms with Crippen molar-refractivity contribution in [1.29, 1.82) is 0 Å². The first kappa shape index (κ1) is 12.8. The van der Waals surface area contributed by atoms with E-state index < -0.39 is 0 Å². The number of nitrogens with two attached hydrogens (primary N) is 1. The van der Waals surface area contributed by atoms with Gasteiger partial charge in [0.2, 0.25) is 0 Å². The van der Waals surface area contributed by atoms with Crippen molar-refractivity contribution in [3.05, 3.63) is 24.3 Å². The molecule has 0 aliphatic heterocycles. The van der Waals surface area contributed by atoms with Crippen LogP contribution in [0, 0.1) is 0 Å². The number of aliphatic imine (C=N–C) groups is 1. The SMILES string of the molecule is C=C(C)CCN=C(N)NCCC(=C)C. The molecule has 0 aromatic heterocycles. The fraction of sp³-hybridized carbons (Fsp3) is 0.545. The number of hydrogen-bond acceptors (Lipinski definition) is 1. The third kappa shape index (κ3) is 8.84. The van der Waals surface area contributed by atoms with Crippen LogP contribution in [0.2, 0.25) is 0 Å². The van der Waals surface area contributed by atoms with Gasteiger partial charge in [0.25, 0.3) is 0 Å². The van der Waals surface area contributed by atoms with Crippen LogP contribution in [0.1, 0.15) is 26.7 Å². The van der Waals surface area contributed by atoms with Crippen LogP contribution in [-0.4, -0.2) is 19.0 Å². The van der Waals surface area contributed by atoms with E-state index in [1.54, 1.807) is 0 Å². The van der Waals surface area contributed by atoms with E-state index in [1.807, 2.05) is 13.8 Å². The van der Waals surface area contributed by atoms with Crippen LogP contribution in [0.15, 0.2) is 29.3 Å². The lowest BCUT2D eigenvalue weighted by molar-refractivity contribution is 0.837. The van der Waals surface area contributed by atoms with Gasteiger partial charge in [0.15, 0.2) is 5.96 Å². The van der Waals surface area contributed by atoms with Gasteiger partial charge in [0.1, 0.15) is 0 Å². The summed E-state index contributed by atoms with van der Waals surface area (Å²) in [5, 5.41) is 3.02. The number of nitrogens with one attached hydrogen (secondary N) is 1. The van der Waals surface area contributed by atoms with Crippen LogP contribution in [-0.2, 0) is 0 Å². The van der Waals surface area contributed by atoms with Crippen molar-refractivity contribution in [3.8, 4) is 0 Å². The molecule has 3 heteroatoms. The van der Waals surface area contributed by atoms with E-state index in [1.165, 1.54) is 0 Å². The summed E-state index contributed by atoms with van der Waals surface area (Å²) in [6.45, 7) is 13.1. The summed E-state index contributed by atoms with van der Waals surface area (Å²) in [6.07, 6.45) is 1.82. The van der Waals surface area contributed by atoms with Crippen LogP contribution in [0.4, 0.5) is 0 Å². The Morgan fingerprint density at radius 3 is 2.29 bits per heavy atom. The molecule has 0 aliphatic rings. The molecular weight excluding hydrogens is 174 g/mol. The molecule has 3 nitrogen and oxygen atoms in total. The standard InChI is InChI=1S/C11H21N3/c1-9(2)5-7-13-11(12)14-8-6-10(3)4/h1,3,5-8H2,2,4H3,(H3,12,13,14). The second-order valence-electron chi connectivity index (χ2n) is 3.61. The van der Waals surface area contributed by atoms with E-state index in [4.69, 9.17) is 5.73 Å². The number of hydrogen-bond donors (Lipinski definition) is 2. The highest BCUT2D eigenvalue weighted by Gasteiger charge is 1.91. The molecule has 0 atom stereocenters. The van der Waals surface area contributed by atoms with E-state index in [0.717, 1.165) is 30.5 Å². The van der Waals surface area contributed by atoms with Gasteiger partial charge in [-0.3, -0.25) is 4.99 Å². The molecule has 0 unspecified atom stereocenters. The van der Waals surface area contributed by atoms with E-state index >= 15 is 0 Å². The van der Waals surface area contributed by atoms with Crippen LogP contribution < -0.4 is 11.1 Å². The van der Waals surface area contributed by atoms with Gasteiger partial charge in [-0.25, -0.2) is 0 Å². The Morgan fingerprint density at radius 1 is 1.21 bits per heavy atom. The molecule has 0 aliphatic carbocycles. The molecule has 0 aromatic rings. The average molecular weight is 195 g/mol. The molecule has 0 amide bonds. The van der Waals surface area contributed by atoms with Crippen molar-refractivity contribution >= 4 is 5.96 Å². The largest absolute Gasteiger partial charge is 0.370 e. The van der Waals surface area contributed by atoms with E-state index in [2.05, 4.69) is 23.5 Å². The van der Waals surface area contributed by atoms with Gasteiger partial charge in [0.05, 0.1) is 0 Å². The zero-order valence-electron chi connectivity index (χ0n) is 9.27. The summed E-state index contributed by atoms with van der Waals surface area (Å²) < 4.78 is 0. The molecule has 3 N–H and O–H groups in total. The summed E-state index contributed by atoms with van der Waals surface area (Å²) in [5.74, 6) is 0.507. The fourth-order valence-electron chi connectivity index (χ4n) is 0.827. The summed E-state index contributed by atoms with van der Waals surface area (Å²) in [6, 6.07) is 0. The van der Waals surface area contributed by atoms with Gasteiger partial charge in [0, 0.05) is 13.1 Å². The van der Waals surface area contributed by atoms with Crippen molar-refractivity contribution < 1.29 is 0 Å². The molecule has 0 heterocycles. The molecule has 0 radical (unpaired) electrons. The summed E-state index contributed by atoms with van der Waals surface area (Å²) >= 11 is 0. The van der Waals surface area contributed by atoms with Crippen molar-refractivity contribution in [2.45, 2.75) is 26.7 Å². The fourth-order valence-corrected chi connectivity index (χ4v) is 0.827. The average Bonchev–Trinajstić information content (AvgIpc) is 2.02. The third-order valence-electron chi connectivity index (χ3n) is 1.68. The summed E-state index contributed by atoms with van der Waals surface area (Å²) in [5.41, 5.74) is 7.90. The minimum absolute atomic E-state index is 0.507. The molecule has 0 aromatic carbocycles. The quantitative estimate of drug-likeness (QED) is 0.386. The molecule has 80 valence electrons. The molecular formula is C11H21N3. The lowest BCUT2D eigenvalue weighted by atomic mass is 10.2. The van der Waals surface area contributed by atoms with Gasteiger partial charge < -0.3 is 11.1 Å². The monoisotopic (exact) mass is 195 g/mol. The lowest BCUT2D eigenvalue weighted by Crippen LogP contribution is -2.32. The minimum atomic E-state index is 0.507. The normalized spacial score (nSPS) is 11.1. The van der Waals surface area contributed by atoms with Crippen molar-refractivity contribution in [2.75, 3.05) is 13.1 Å². The predicted molar refractivity (Wildman–Crippen MR) is 63.4 cm³/mol. The Hall–Kier alpha value is -1.25. The van der Waals surface area contributed by atoms with Crippen LogP contribution in [0.3, 0.4) is 0 Å². The first-order valence-corrected chi connectivity index (χ1v) is 4.85. The highest BCUT2D eigenvalue weighted by atomic mass is 15.1. The first-order chi connectivity index (χ1) is 6.52. The Kier molecular flexibility index (Phi) is 6.54. The Bertz CT molecular complexity index is 229. The number of rotatable bonds is 6. The highest BCUT2D eigenvalue weighted by molar-refractivity contribution is 5.77. The summed E-state index contributed by atoms with van der Waals surface area (Å²) in [7, 11) is 0. The van der Waals surface area contributed by atoms with Crippen molar-refractivity contribution in [3.63, 3.8) is 0 Å². The van der Waals surface area contributed by atoms with Gasteiger partial charge in [-0.1, -0.05) is 11.1 Å². The van der Waals surface area contributed by atoms with Gasteiger partial charge >= 0.3 is 0 Å². The second kappa shape index (κ2) is 7.18. The highest BCUT2D eigenvalue weighted by Crippen LogP contribution is 1.94. The van der Waals surface area contributed by atoms with Crippen molar-refractivity contribution in [2.24, 2.45) is 10.7 Å². The van der Waals surface area contributed by atoms with Crippen LogP contribution >= 0.6 is 0 Å². The zero-order chi connectivity index (χ0) is 11.0. The molecule has 0 saturated carbocycles. The number of guanidine groups is 1. The Balaban J connectivity index is 3.56. The smallest absolute Gasteiger partial charge is 0.188 e. The van der Waals surface area contributed by atoms with Gasteiger partial charge in [-0.05, 0) is 26.7 Å². The molecule has 0 saturated heterocycles. The van der Waals surface area contributed by atoms with E-state index in [9.17, 15) is 0 Å². The Morgan fingerprint density at radius 2 is 1.79 bits per heavy atom. The third-order valence-corrected chi connectivity index (χ3v) is 1.68. The molecule has 0 fully saturated rings. The van der Waals surface area contributed by atoms with Crippen LogP contribution in [0.25, 0.3) is 0 Å². The molecule has 14 heavy (non-hydrogen) atoms. The maximum atomic E-state index is 5.63. The molecule has 0 spiro atoms. The Labute approximate surface area is 86.8 Å². The molecule has 0 bridgehead atoms.